The highest BCUT2D eigenvalue weighted by atomic mass is 16.5. The van der Waals surface area contributed by atoms with Gasteiger partial charge in [0.05, 0.1) is 0 Å². The summed E-state index contributed by atoms with van der Waals surface area (Å²) in [4.78, 5) is 24.4. The molecule has 0 atom stereocenters. The fourth-order valence-electron chi connectivity index (χ4n) is 4.55. The minimum Gasteiger partial charge on any atom is -0.457 e. The Balaban J connectivity index is 1.22. The molecular formula is C26H34N4O3. The van der Waals surface area contributed by atoms with Crippen molar-refractivity contribution in [3.63, 3.8) is 0 Å². The van der Waals surface area contributed by atoms with E-state index in [1.807, 2.05) is 48.5 Å². The quantitative estimate of drug-likeness (QED) is 0.411. The van der Waals surface area contributed by atoms with Crippen molar-refractivity contribution in [3.8, 4) is 11.5 Å². The second-order valence-electron chi connectivity index (χ2n) is 9.02. The lowest BCUT2D eigenvalue weighted by atomic mass is 9.96. The SMILES string of the molecule is O=C(Nc1ccc(Oc2ccc(NC(=O)NC3CCCCC3)cc2)cc1)NC1CCCCC1. The van der Waals surface area contributed by atoms with Crippen molar-refractivity contribution in [2.75, 3.05) is 10.6 Å². The van der Waals surface area contributed by atoms with Crippen LogP contribution >= 0.6 is 0 Å². The number of anilines is 2. The normalized spacial score (nSPS) is 17.1. The van der Waals surface area contributed by atoms with Gasteiger partial charge in [-0.15, -0.1) is 0 Å². The van der Waals surface area contributed by atoms with E-state index in [4.69, 9.17) is 4.74 Å². The monoisotopic (exact) mass is 450 g/mol. The highest BCUT2D eigenvalue weighted by molar-refractivity contribution is 5.90. The molecule has 4 amide bonds. The van der Waals surface area contributed by atoms with Crippen LogP contribution in [0.5, 0.6) is 11.5 Å². The molecule has 33 heavy (non-hydrogen) atoms. The van der Waals surface area contributed by atoms with E-state index in [0.29, 0.717) is 11.5 Å². The van der Waals surface area contributed by atoms with Gasteiger partial charge in [-0.25, -0.2) is 9.59 Å². The highest BCUT2D eigenvalue weighted by Gasteiger charge is 2.16. The van der Waals surface area contributed by atoms with Gasteiger partial charge in [0, 0.05) is 23.5 Å². The molecule has 2 aliphatic carbocycles. The van der Waals surface area contributed by atoms with Crippen molar-refractivity contribution in [2.45, 2.75) is 76.3 Å². The third kappa shape index (κ3) is 7.41. The van der Waals surface area contributed by atoms with Crippen LogP contribution in [-0.2, 0) is 0 Å². The fraction of sp³-hybridized carbons (Fsp3) is 0.462. The molecule has 176 valence electrons. The maximum absolute atomic E-state index is 12.2. The van der Waals surface area contributed by atoms with E-state index in [0.717, 1.165) is 37.1 Å². The summed E-state index contributed by atoms with van der Waals surface area (Å²) in [6, 6.07) is 14.8. The van der Waals surface area contributed by atoms with E-state index in [1.54, 1.807) is 0 Å². The minimum absolute atomic E-state index is 0.161. The van der Waals surface area contributed by atoms with Crippen molar-refractivity contribution in [1.29, 1.82) is 0 Å². The van der Waals surface area contributed by atoms with Gasteiger partial charge in [0.1, 0.15) is 11.5 Å². The van der Waals surface area contributed by atoms with Gasteiger partial charge in [-0.1, -0.05) is 38.5 Å². The van der Waals surface area contributed by atoms with Crippen molar-refractivity contribution in [1.82, 2.24) is 10.6 Å². The zero-order valence-electron chi connectivity index (χ0n) is 19.1. The summed E-state index contributed by atoms with van der Waals surface area (Å²) in [5.41, 5.74) is 1.44. The first-order chi connectivity index (χ1) is 16.1. The summed E-state index contributed by atoms with van der Waals surface area (Å²) in [7, 11) is 0. The molecule has 0 radical (unpaired) electrons. The topological polar surface area (TPSA) is 91.5 Å². The van der Waals surface area contributed by atoms with Crippen LogP contribution < -0.4 is 26.0 Å². The molecule has 4 N–H and O–H groups in total. The third-order valence-electron chi connectivity index (χ3n) is 6.34. The lowest BCUT2D eigenvalue weighted by Crippen LogP contribution is -2.38. The van der Waals surface area contributed by atoms with E-state index in [-0.39, 0.29) is 24.1 Å². The van der Waals surface area contributed by atoms with Crippen LogP contribution in [0.4, 0.5) is 21.0 Å². The van der Waals surface area contributed by atoms with Crippen LogP contribution in [0, 0.1) is 0 Å². The molecule has 0 heterocycles. The Labute approximate surface area is 195 Å². The predicted octanol–water partition coefficient (Wildman–Crippen LogP) is 6.39. The van der Waals surface area contributed by atoms with Crippen LogP contribution in [-0.4, -0.2) is 24.1 Å². The molecule has 0 bridgehead atoms. The van der Waals surface area contributed by atoms with Gasteiger partial charge >= 0.3 is 12.1 Å². The maximum atomic E-state index is 12.2. The van der Waals surface area contributed by atoms with Crippen LogP contribution in [0.25, 0.3) is 0 Å². The zero-order chi connectivity index (χ0) is 22.9. The number of ether oxygens (including phenoxy) is 1. The predicted molar refractivity (Wildman–Crippen MR) is 131 cm³/mol. The first-order valence-electron chi connectivity index (χ1n) is 12.2. The number of hydrogen-bond donors (Lipinski definition) is 4. The van der Waals surface area contributed by atoms with E-state index in [9.17, 15) is 9.59 Å². The van der Waals surface area contributed by atoms with Crippen LogP contribution in [0.1, 0.15) is 64.2 Å². The molecule has 0 aliphatic heterocycles. The fourth-order valence-corrected chi connectivity index (χ4v) is 4.55. The molecule has 2 aromatic carbocycles. The molecule has 7 nitrogen and oxygen atoms in total. The third-order valence-corrected chi connectivity index (χ3v) is 6.34. The van der Waals surface area contributed by atoms with Gasteiger partial charge < -0.3 is 26.0 Å². The Bertz CT molecular complexity index is 827. The smallest absolute Gasteiger partial charge is 0.319 e. The number of benzene rings is 2. The Kier molecular flexibility index (Phi) is 8.06. The first kappa shape index (κ1) is 23.0. The van der Waals surface area contributed by atoms with Gasteiger partial charge in [-0.2, -0.15) is 0 Å². The second kappa shape index (κ2) is 11.6. The molecule has 7 heteroatoms. The Morgan fingerprint density at radius 1 is 0.576 bits per heavy atom. The maximum Gasteiger partial charge on any atom is 0.319 e. The minimum atomic E-state index is -0.161. The molecule has 2 aliphatic rings. The van der Waals surface area contributed by atoms with Gasteiger partial charge in [0.15, 0.2) is 0 Å². The van der Waals surface area contributed by atoms with E-state index < -0.39 is 0 Å². The number of nitrogens with one attached hydrogen (secondary N) is 4. The zero-order valence-corrected chi connectivity index (χ0v) is 19.1. The Morgan fingerprint density at radius 2 is 0.939 bits per heavy atom. The van der Waals surface area contributed by atoms with Crippen LogP contribution in [0.15, 0.2) is 48.5 Å². The molecule has 0 unspecified atom stereocenters. The molecule has 0 aromatic heterocycles. The number of carbonyl (C=O) groups excluding carboxylic acids is 2. The Hall–Kier alpha value is -3.22. The number of rotatable bonds is 6. The molecule has 2 saturated carbocycles. The molecule has 0 spiro atoms. The first-order valence-corrected chi connectivity index (χ1v) is 12.2. The van der Waals surface area contributed by atoms with Crippen LogP contribution in [0.3, 0.4) is 0 Å². The summed E-state index contributed by atoms with van der Waals surface area (Å²) < 4.78 is 5.88. The Morgan fingerprint density at radius 3 is 1.30 bits per heavy atom. The van der Waals surface area contributed by atoms with Crippen molar-refractivity contribution >= 4 is 23.4 Å². The highest BCUT2D eigenvalue weighted by Crippen LogP contribution is 2.25. The molecule has 2 aromatic rings. The molecule has 2 fully saturated rings. The van der Waals surface area contributed by atoms with Crippen molar-refractivity contribution < 1.29 is 14.3 Å². The van der Waals surface area contributed by atoms with Gasteiger partial charge in [-0.3, -0.25) is 0 Å². The van der Waals surface area contributed by atoms with E-state index >= 15 is 0 Å². The molecular weight excluding hydrogens is 416 g/mol. The number of carbonyl (C=O) groups is 2. The van der Waals surface area contributed by atoms with Gasteiger partial charge in [0.2, 0.25) is 0 Å². The van der Waals surface area contributed by atoms with E-state index in [1.165, 1.54) is 38.5 Å². The summed E-state index contributed by atoms with van der Waals surface area (Å²) in [6.07, 6.45) is 11.5. The summed E-state index contributed by atoms with van der Waals surface area (Å²) in [5, 5.41) is 11.9. The molecule has 0 saturated heterocycles. The molecule has 4 rings (SSSR count). The standard InChI is InChI=1S/C26H34N4O3/c31-25(27-19-7-3-1-4-8-19)29-21-11-15-23(16-12-21)33-24-17-13-22(14-18-24)30-26(32)28-20-9-5-2-6-10-20/h11-20H,1-10H2,(H2,27,29,31)(H2,28,30,32). The lowest BCUT2D eigenvalue weighted by molar-refractivity contribution is 0.243. The van der Waals surface area contributed by atoms with Crippen molar-refractivity contribution in [2.24, 2.45) is 0 Å². The number of urea groups is 2. The lowest BCUT2D eigenvalue weighted by Gasteiger charge is -2.22. The summed E-state index contributed by atoms with van der Waals surface area (Å²) in [6.45, 7) is 0. The summed E-state index contributed by atoms with van der Waals surface area (Å²) in [5.74, 6) is 1.34. The average Bonchev–Trinajstić information content (AvgIpc) is 2.83. The van der Waals surface area contributed by atoms with Gasteiger partial charge in [-0.05, 0) is 74.2 Å². The number of hydrogen-bond acceptors (Lipinski definition) is 3. The number of amides is 4. The second-order valence-corrected chi connectivity index (χ2v) is 9.02. The average molecular weight is 451 g/mol. The van der Waals surface area contributed by atoms with Crippen LogP contribution in [0.2, 0.25) is 0 Å². The largest absolute Gasteiger partial charge is 0.457 e. The van der Waals surface area contributed by atoms with E-state index in [2.05, 4.69) is 21.3 Å². The van der Waals surface area contributed by atoms with Crippen molar-refractivity contribution in [3.05, 3.63) is 48.5 Å². The summed E-state index contributed by atoms with van der Waals surface area (Å²) >= 11 is 0. The van der Waals surface area contributed by atoms with Gasteiger partial charge in [0.25, 0.3) is 0 Å².